The Morgan fingerprint density at radius 3 is 2.16 bits per heavy atom. The van der Waals surface area contributed by atoms with Crippen molar-refractivity contribution in [3.05, 3.63) is 118 Å². The van der Waals surface area contributed by atoms with E-state index in [1.165, 1.54) is 6.21 Å². The van der Waals surface area contributed by atoms with Gasteiger partial charge in [0.05, 0.1) is 6.21 Å². The fourth-order valence-electron chi connectivity index (χ4n) is 3.24. The Bertz CT molecular complexity index is 1160. The molecule has 0 atom stereocenters. The minimum Gasteiger partial charge on any atom is -0.455 e. The molecule has 0 aliphatic heterocycles. The highest BCUT2D eigenvalue weighted by Gasteiger charge is 2.39. The van der Waals surface area contributed by atoms with Gasteiger partial charge in [-0.15, -0.1) is 0 Å². The van der Waals surface area contributed by atoms with Crippen LogP contribution in [0, 0.1) is 0 Å². The van der Waals surface area contributed by atoms with E-state index in [0.717, 1.165) is 10.0 Å². The summed E-state index contributed by atoms with van der Waals surface area (Å²) >= 11 is 3.44. The Morgan fingerprint density at radius 1 is 0.903 bits per heavy atom. The van der Waals surface area contributed by atoms with Crippen molar-refractivity contribution in [2.24, 2.45) is 5.10 Å². The summed E-state index contributed by atoms with van der Waals surface area (Å²) in [4.78, 5) is 13.0. The van der Waals surface area contributed by atoms with Crippen molar-refractivity contribution in [1.82, 2.24) is 5.43 Å². The van der Waals surface area contributed by atoms with Crippen molar-refractivity contribution in [2.45, 2.75) is 5.60 Å². The molecule has 1 aromatic heterocycles. The van der Waals surface area contributed by atoms with E-state index in [0.29, 0.717) is 22.6 Å². The first kappa shape index (κ1) is 20.8. The molecule has 5 nitrogen and oxygen atoms in total. The zero-order chi connectivity index (χ0) is 21.7. The topological polar surface area (TPSA) is 74.8 Å². The number of hydrazone groups is 1. The quantitative estimate of drug-likeness (QED) is 0.301. The van der Waals surface area contributed by atoms with Gasteiger partial charge in [0, 0.05) is 10.0 Å². The summed E-state index contributed by atoms with van der Waals surface area (Å²) in [6.45, 7) is 0. The highest BCUT2D eigenvalue weighted by atomic mass is 79.9. The Morgan fingerprint density at radius 2 is 1.55 bits per heavy atom. The van der Waals surface area contributed by atoms with Crippen molar-refractivity contribution < 1.29 is 14.3 Å². The van der Waals surface area contributed by atoms with E-state index in [9.17, 15) is 9.90 Å². The monoisotopic (exact) mass is 474 g/mol. The third-order valence-corrected chi connectivity index (χ3v) is 5.30. The maximum atomic E-state index is 13.0. The van der Waals surface area contributed by atoms with Crippen LogP contribution in [0.2, 0.25) is 0 Å². The Hall–Kier alpha value is -3.48. The molecule has 0 unspecified atom stereocenters. The summed E-state index contributed by atoms with van der Waals surface area (Å²) in [6.07, 6.45) is 1.40. The number of nitrogens with one attached hydrogen (secondary N) is 1. The molecule has 4 aromatic rings. The van der Waals surface area contributed by atoms with Crippen LogP contribution < -0.4 is 5.43 Å². The SMILES string of the molecule is O=C(NN=Cc1ccc(-c2cccc(Br)c2)o1)C(O)(c1ccccc1)c1ccccc1. The predicted octanol–water partition coefficient (Wildman–Crippen LogP) is 5.10. The van der Waals surface area contributed by atoms with Gasteiger partial charge >= 0.3 is 0 Å². The lowest BCUT2D eigenvalue weighted by Crippen LogP contribution is -2.43. The van der Waals surface area contributed by atoms with Gasteiger partial charge < -0.3 is 9.52 Å². The maximum absolute atomic E-state index is 13.0. The van der Waals surface area contributed by atoms with Gasteiger partial charge in [-0.05, 0) is 35.4 Å². The molecule has 4 rings (SSSR count). The van der Waals surface area contributed by atoms with E-state index in [1.807, 2.05) is 42.5 Å². The van der Waals surface area contributed by atoms with Crippen LogP contribution in [-0.4, -0.2) is 17.2 Å². The van der Waals surface area contributed by atoms with Gasteiger partial charge in [-0.1, -0.05) is 88.7 Å². The van der Waals surface area contributed by atoms with Gasteiger partial charge in [-0.3, -0.25) is 4.79 Å². The molecule has 154 valence electrons. The maximum Gasteiger partial charge on any atom is 0.281 e. The number of amides is 1. The number of halogens is 1. The molecule has 0 fully saturated rings. The molecule has 0 spiro atoms. The van der Waals surface area contributed by atoms with Crippen LogP contribution in [0.15, 0.2) is 111 Å². The zero-order valence-electron chi connectivity index (χ0n) is 16.4. The zero-order valence-corrected chi connectivity index (χ0v) is 18.0. The van der Waals surface area contributed by atoms with E-state index >= 15 is 0 Å². The molecule has 1 heterocycles. The average molecular weight is 475 g/mol. The first-order chi connectivity index (χ1) is 15.1. The minimum atomic E-state index is -1.88. The Labute approximate surface area is 188 Å². The molecule has 0 saturated carbocycles. The van der Waals surface area contributed by atoms with Crippen LogP contribution in [0.4, 0.5) is 0 Å². The van der Waals surface area contributed by atoms with Crippen LogP contribution in [0.5, 0.6) is 0 Å². The molecule has 1 amide bonds. The summed E-state index contributed by atoms with van der Waals surface area (Å²) in [5, 5.41) is 15.4. The molecular formula is C25H19BrN2O3. The van der Waals surface area contributed by atoms with Gasteiger partial charge in [0.1, 0.15) is 11.5 Å². The highest BCUT2D eigenvalue weighted by molar-refractivity contribution is 9.10. The summed E-state index contributed by atoms with van der Waals surface area (Å²) in [5.41, 5.74) is 2.37. The van der Waals surface area contributed by atoms with Gasteiger partial charge in [0.25, 0.3) is 5.91 Å². The summed E-state index contributed by atoms with van der Waals surface area (Å²) in [7, 11) is 0. The van der Waals surface area contributed by atoms with Crippen LogP contribution in [0.1, 0.15) is 16.9 Å². The standard InChI is InChI=1S/C25H19BrN2O3/c26-21-13-7-8-18(16-21)23-15-14-22(31-23)17-27-28-24(29)25(30,19-9-3-1-4-10-19)20-11-5-2-6-12-20/h1-17,30H,(H,28,29). The second-order valence-electron chi connectivity index (χ2n) is 6.85. The van der Waals surface area contributed by atoms with Crippen molar-refractivity contribution in [3.63, 3.8) is 0 Å². The van der Waals surface area contributed by atoms with Crippen molar-refractivity contribution in [1.29, 1.82) is 0 Å². The largest absolute Gasteiger partial charge is 0.455 e. The molecule has 0 radical (unpaired) electrons. The van der Waals surface area contributed by atoms with Gasteiger partial charge in [0.2, 0.25) is 0 Å². The lowest BCUT2D eigenvalue weighted by Gasteiger charge is -2.26. The van der Waals surface area contributed by atoms with E-state index in [-0.39, 0.29) is 0 Å². The van der Waals surface area contributed by atoms with Crippen LogP contribution in [0.3, 0.4) is 0 Å². The number of carbonyl (C=O) groups is 1. The van der Waals surface area contributed by atoms with Crippen molar-refractivity contribution >= 4 is 28.1 Å². The minimum absolute atomic E-state index is 0.448. The van der Waals surface area contributed by atoms with Crippen LogP contribution >= 0.6 is 15.9 Å². The highest BCUT2D eigenvalue weighted by Crippen LogP contribution is 2.30. The second-order valence-corrected chi connectivity index (χ2v) is 7.77. The summed E-state index contributed by atoms with van der Waals surface area (Å²) in [6, 6.07) is 28.9. The number of rotatable bonds is 6. The number of carbonyl (C=O) groups excluding carboxylic acids is 1. The number of furan rings is 1. The van der Waals surface area contributed by atoms with Crippen molar-refractivity contribution in [2.75, 3.05) is 0 Å². The molecule has 0 bridgehead atoms. The molecule has 0 aliphatic carbocycles. The number of nitrogens with zero attached hydrogens (tertiary/aromatic N) is 1. The predicted molar refractivity (Wildman–Crippen MR) is 123 cm³/mol. The molecule has 0 aliphatic rings. The first-order valence-corrected chi connectivity index (χ1v) is 10.4. The lowest BCUT2D eigenvalue weighted by atomic mass is 9.85. The third-order valence-electron chi connectivity index (χ3n) is 4.81. The number of hydrogen-bond acceptors (Lipinski definition) is 4. The van der Waals surface area contributed by atoms with E-state index in [2.05, 4.69) is 26.5 Å². The number of benzene rings is 3. The fraction of sp³-hybridized carbons (Fsp3) is 0.0400. The third kappa shape index (κ3) is 4.50. The molecule has 0 saturated heterocycles. The molecule has 2 N–H and O–H groups in total. The van der Waals surface area contributed by atoms with Gasteiger partial charge in [0.15, 0.2) is 5.60 Å². The number of aliphatic hydroxyl groups is 1. The Balaban J connectivity index is 1.54. The van der Waals surface area contributed by atoms with E-state index < -0.39 is 11.5 Å². The number of hydrogen-bond donors (Lipinski definition) is 2. The average Bonchev–Trinajstić information content (AvgIpc) is 3.28. The summed E-state index contributed by atoms with van der Waals surface area (Å²) in [5.74, 6) is 0.484. The molecule has 31 heavy (non-hydrogen) atoms. The first-order valence-electron chi connectivity index (χ1n) is 9.60. The smallest absolute Gasteiger partial charge is 0.281 e. The van der Waals surface area contributed by atoms with Crippen molar-refractivity contribution in [3.8, 4) is 11.3 Å². The Kier molecular flexibility index (Phi) is 6.11. The van der Waals surface area contributed by atoms with Crippen LogP contribution in [-0.2, 0) is 10.4 Å². The van der Waals surface area contributed by atoms with Gasteiger partial charge in [-0.2, -0.15) is 5.10 Å². The molecular weight excluding hydrogens is 456 g/mol. The molecule has 6 heteroatoms. The fourth-order valence-corrected chi connectivity index (χ4v) is 3.64. The van der Waals surface area contributed by atoms with Crippen LogP contribution in [0.25, 0.3) is 11.3 Å². The van der Waals surface area contributed by atoms with Gasteiger partial charge in [-0.25, -0.2) is 5.43 Å². The van der Waals surface area contributed by atoms with E-state index in [1.54, 1.807) is 54.6 Å². The molecule has 3 aromatic carbocycles. The second kappa shape index (κ2) is 9.12. The summed E-state index contributed by atoms with van der Waals surface area (Å²) < 4.78 is 6.73. The normalized spacial score (nSPS) is 11.5. The van der Waals surface area contributed by atoms with E-state index in [4.69, 9.17) is 4.42 Å². The lowest BCUT2D eigenvalue weighted by molar-refractivity contribution is -0.136.